The average molecular weight is 646 g/mol. The number of aliphatic hydroxyl groups is 7. The van der Waals surface area contributed by atoms with Crippen LogP contribution in [0, 0.1) is 0 Å². The highest BCUT2D eigenvalue weighted by atomic mass is 31.2. The Hall–Kier alpha value is -2.63. The number of ether oxygens (including phenoxy) is 2. The molecule has 0 bridgehead atoms. The number of carboxylic acids is 1. The van der Waals surface area contributed by atoms with Crippen LogP contribution in [0.1, 0.15) is 26.5 Å². The number of nitrogen functional groups attached to an aromatic ring is 1. The number of aromatic nitrogens is 2. The Morgan fingerprint density at radius 2 is 1.88 bits per heavy atom. The zero-order valence-electron chi connectivity index (χ0n) is 22.6. The van der Waals surface area contributed by atoms with Gasteiger partial charge in [0.2, 0.25) is 11.5 Å². The van der Waals surface area contributed by atoms with E-state index in [1.807, 2.05) is 0 Å². The maximum atomic E-state index is 11.7. The molecule has 246 valence electrons. The molecular weight excluding hydrogens is 611 g/mol. The fraction of sp³-hybridized carbons (Fsp3) is 0.714. The maximum absolute atomic E-state index is 11.7. The van der Waals surface area contributed by atoms with Gasteiger partial charge in [-0.2, -0.15) is 4.98 Å². The van der Waals surface area contributed by atoms with Gasteiger partial charge in [-0.05, 0) is 13.0 Å². The summed E-state index contributed by atoms with van der Waals surface area (Å²) in [5.74, 6) is -4.70. The van der Waals surface area contributed by atoms with Crippen LogP contribution in [0.25, 0.3) is 0 Å². The second-order valence-electron chi connectivity index (χ2n) is 9.89. The SMILES string of the molecule is CC(=O)N[C@@H]1[C@@H](O)C[C@](C)(O)O[C@@]1(C(=O)O)[C@H](O)[C@H](O)CO.Nc1ccn([C@@H]2O[C@H](COP(=O)(O)O)[C@@H](O)[C@H]2O)c(=O)n1. The van der Waals surface area contributed by atoms with Crippen LogP contribution in [-0.4, -0.2) is 139 Å². The minimum atomic E-state index is -4.74. The monoisotopic (exact) mass is 646 g/mol. The molecule has 0 aliphatic carbocycles. The Morgan fingerprint density at radius 3 is 2.37 bits per heavy atom. The first-order chi connectivity index (χ1) is 19.7. The number of carbonyl (C=O) groups is 2. The van der Waals surface area contributed by atoms with Gasteiger partial charge >= 0.3 is 19.5 Å². The topological polar surface area (TPSA) is 354 Å². The molecule has 1 aromatic heterocycles. The molecule has 13 N–H and O–H groups in total. The zero-order valence-corrected chi connectivity index (χ0v) is 23.5. The Morgan fingerprint density at radius 1 is 1.28 bits per heavy atom. The van der Waals surface area contributed by atoms with Crippen LogP contribution in [0.4, 0.5) is 5.82 Å². The third-order valence-electron chi connectivity index (χ3n) is 6.38. The number of nitrogens with zero attached hydrogens (tertiary/aromatic N) is 2. The van der Waals surface area contributed by atoms with Crippen molar-refractivity contribution in [3.05, 3.63) is 22.7 Å². The fourth-order valence-corrected chi connectivity index (χ4v) is 4.84. The average Bonchev–Trinajstić information content (AvgIpc) is 3.15. The highest BCUT2D eigenvalue weighted by Crippen LogP contribution is 2.39. The van der Waals surface area contributed by atoms with E-state index >= 15 is 0 Å². The lowest BCUT2D eigenvalue weighted by Gasteiger charge is -2.51. The molecule has 22 heteroatoms. The molecule has 21 nitrogen and oxygen atoms in total. The summed E-state index contributed by atoms with van der Waals surface area (Å²) in [4.78, 5) is 55.3. The number of anilines is 1. The molecule has 0 spiro atoms. The summed E-state index contributed by atoms with van der Waals surface area (Å²) in [5.41, 5.74) is 1.77. The number of carboxylic acid groups (broad SMARTS) is 1. The predicted octanol–water partition coefficient (Wildman–Crippen LogP) is -5.93. The molecule has 2 aliphatic heterocycles. The summed E-state index contributed by atoms with van der Waals surface area (Å²) in [6.45, 7) is 0.470. The lowest BCUT2D eigenvalue weighted by atomic mass is 9.77. The summed E-state index contributed by atoms with van der Waals surface area (Å²) in [6.07, 6.45) is -10.4. The molecule has 0 radical (unpaired) electrons. The number of aliphatic hydroxyl groups excluding tert-OH is 6. The zero-order chi connectivity index (χ0) is 33.1. The normalized spacial score (nSPS) is 34.0. The Labute approximate surface area is 241 Å². The van der Waals surface area contributed by atoms with Gasteiger partial charge in [0.15, 0.2) is 12.0 Å². The number of aliphatic carboxylic acids is 1. The number of amides is 1. The largest absolute Gasteiger partial charge is 0.479 e. The Balaban J connectivity index is 0.000000300. The van der Waals surface area contributed by atoms with Crippen molar-refractivity contribution in [1.29, 1.82) is 0 Å². The van der Waals surface area contributed by atoms with Crippen molar-refractivity contribution in [3.8, 4) is 0 Å². The minimum Gasteiger partial charge on any atom is -0.479 e. The Kier molecular flexibility index (Phi) is 11.9. The third kappa shape index (κ3) is 8.73. The molecule has 0 unspecified atom stereocenters. The van der Waals surface area contributed by atoms with Gasteiger partial charge < -0.3 is 71.2 Å². The van der Waals surface area contributed by atoms with E-state index in [1.54, 1.807) is 0 Å². The molecule has 3 heterocycles. The van der Waals surface area contributed by atoms with Crippen molar-refractivity contribution in [2.45, 2.75) is 80.5 Å². The molecule has 3 rings (SSSR count). The van der Waals surface area contributed by atoms with E-state index in [9.17, 15) is 54.7 Å². The number of carbonyl (C=O) groups excluding carboxylic acids is 1. The molecule has 1 aromatic rings. The van der Waals surface area contributed by atoms with Crippen LogP contribution in [-0.2, 0) is 28.2 Å². The minimum absolute atomic E-state index is 0.0225. The Bertz CT molecular complexity index is 1240. The third-order valence-corrected chi connectivity index (χ3v) is 6.86. The molecule has 0 aromatic carbocycles. The molecule has 0 saturated carbocycles. The summed E-state index contributed by atoms with van der Waals surface area (Å²) in [5, 5.41) is 79.9. The number of rotatable bonds is 9. The number of phosphoric ester groups is 1. The number of nitrogens with one attached hydrogen (secondary N) is 1. The van der Waals surface area contributed by atoms with Gasteiger partial charge in [0.25, 0.3) is 0 Å². The summed E-state index contributed by atoms with van der Waals surface area (Å²) >= 11 is 0. The molecule has 2 aliphatic rings. The summed E-state index contributed by atoms with van der Waals surface area (Å²) in [6, 6.07) is -0.359. The van der Waals surface area contributed by atoms with Gasteiger partial charge in [-0.15, -0.1) is 0 Å². The first kappa shape index (κ1) is 36.6. The van der Waals surface area contributed by atoms with Gasteiger partial charge in [-0.3, -0.25) is 13.9 Å². The van der Waals surface area contributed by atoms with Crippen molar-refractivity contribution < 1.29 is 78.8 Å². The smallest absolute Gasteiger partial charge is 0.469 e. The molecule has 43 heavy (non-hydrogen) atoms. The lowest BCUT2D eigenvalue weighted by molar-refractivity contribution is -0.329. The van der Waals surface area contributed by atoms with Gasteiger partial charge in [0.05, 0.1) is 25.4 Å². The van der Waals surface area contributed by atoms with Crippen LogP contribution in [0.3, 0.4) is 0 Å². The van der Waals surface area contributed by atoms with E-state index in [1.165, 1.54) is 12.3 Å². The second-order valence-corrected chi connectivity index (χ2v) is 11.1. The van der Waals surface area contributed by atoms with Crippen LogP contribution in [0.5, 0.6) is 0 Å². The lowest BCUT2D eigenvalue weighted by Crippen LogP contribution is -2.76. The van der Waals surface area contributed by atoms with Crippen LogP contribution in [0.2, 0.25) is 0 Å². The summed E-state index contributed by atoms with van der Waals surface area (Å²) < 4.78 is 26.0. The van der Waals surface area contributed by atoms with Crippen molar-refractivity contribution >= 4 is 25.5 Å². The van der Waals surface area contributed by atoms with Crippen molar-refractivity contribution in [3.63, 3.8) is 0 Å². The standard InChI is InChI=1S/C12H21NO9.C9H14N3O8P/c1-5(15)13-8-6(16)3-11(2,21)22-12(8,10(19)20)9(18)7(17)4-14;10-5-1-2-12(9(15)11-5)8-7(14)6(13)4(20-8)3-19-21(16,17)18/h6-9,14,16-18,21H,3-4H2,1-2H3,(H,13,15)(H,19,20);1-2,4,6-8,13-14H,3H2,(H2,10,11,15)(H2,16,17,18)/t6-,7+,8+,9+,11+,12+;4-,6-,7-,8-/m01/s1. The van der Waals surface area contributed by atoms with Crippen molar-refractivity contribution in [1.82, 2.24) is 14.9 Å². The quantitative estimate of drug-likeness (QED) is 0.111. The number of nitrogens with two attached hydrogens (primary N) is 1. The van der Waals surface area contributed by atoms with E-state index in [4.69, 9.17) is 30.1 Å². The molecular formula is C21H35N4O17P. The van der Waals surface area contributed by atoms with Gasteiger partial charge in [-0.25, -0.2) is 14.2 Å². The van der Waals surface area contributed by atoms with Crippen LogP contribution >= 0.6 is 7.82 Å². The highest BCUT2D eigenvalue weighted by Gasteiger charge is 2.64. The van der Waals surface area contributed by atoms with E-state index < -0.39 is 105 Å². The predicted molar refractivity (Wildman–Crippen MR) is 136 cm³/mol. The highest BCUT2D eigenvalue weighted by molar-refractivity contribution is 7.46. The first-order valence-electron chi connectivity index (χ1n) is 12.3. The van der Waals surface area contributed by atoms with Crippen LogP contribution in [0.15, 0.2) is 17.1 Å². The van der Waals surface area contributed by atoms with E-state index in [0.717, 1.165) is 18.4 Å². The number of hydrogen-bond donors (Lipinski definition) is 12. The molecule has 2 saturated heterocycles. The van der Waals surface area contributed by atoms with Gasteiger partial charge in [-0.1, -0.05) is 0 Å². The number of phosphoric acid groups is 1. The number of hydrogen-bond acceptors (Lipinski definition) is 16. The first-order valence-corrected chi connectivity index (χ1v) is 13.8. The van der Waals surface area contributed by atoms with E-state index in [2.05, 4.69) is 14.8 Å². The van der Waals surface area contributed by atoms with Gasteiger partial charge in [0.1, 0.15) is 36.3 Å². The fourth-order valence-electron chi connectivity index (χ4n) is 4.50. The van der Waals surface area contributed by atoms with E-state index in [0.29, 0.717) is 0 Å². The molecule has 1 amide bonds. The van der Waals surface area contributed by atoms with Crippen molar-refractivity contribution in [2.24, 2.45) is 0 Å². The molecule has 10 atom stereocenters. The van der Waals surface area contributed by atoms with E-state index in [-0.39, 0.29) is 5.82 Å². The second kappa shape index (κ2) is 14.0. The van der Waals surface area contributed by atoms with Crippen molar-refractivity contribution in [2.75, 3.05) is 18.9 Å². The molecule has 2 fully saturated rings. The van der Waals surface area contributed by atoms with Gasteiger partial charge in [0, 0.05) is 19.5 Å². The van der Waals surface area contributed by atoms with Crippen LogP contribution < -0.4 is 16.7 Å². The maximum Gasteiger partial charge on any atom is 0.469 e. The summed E-state index contributed by atoms with van der Waals surface area (Å²) in [7, 11) is -4.74.